The Labute approximate surface area is 130 Å². The first kappa shape index (κ1) is 17.9. The Morgan fingerprint density at radius 3 is 2.06 bits per heavy atom. The van der Waals surface area contributed by atoms with Gasteiger partial charge >= 0.3 is 0 Å². The number of halogens is 1. The lowest BCUT2D eigenvalue weighted by atomic mass is 10.1. The zero-order valence-electron chi connectivity index (χ0n) is 12.1. The van der Waals surface area contributed by atoms with Gasteiger partial charge in [0, 0.05) is 0 Å². The molecule has 0 aliphatic heterocycles. The summed E-state index contributed by atoms with van der Waals surface area (Å²) < 4.78 is 4.53. The monoisotopic (exact) mass is 364 g/mol. The van der Waals surface area contributed by atoms with Gasteiger partial charge in [0.05, 0.1) is 13.1 Å². The van der Waals surface area contributed by atoms with Crippen molar-refractivity contribution in [2.45, 2.75) is 78.3 Å². The molecule has 1 aromatic rings. The molecule has 18 heavy (non-hydrogen) atoms. The van der Waals surface area contributed by atoms with E-state index in [9.17, 15) is 0 Å². The predicted molar refractivity (Wildman–Crippen MR) is 72.9 cm³/mol. The van der Waals surface area contributed by atoms with Crippen molar-refractivity contribution in [3.63, 3.8) is 0 Å². The van der Waals surface area contributed by atoms with Gasteiger partial charge in [0.2, 0.25) is 6.33 Å². The Hall–Kier alpha value is -0.0600. The van der Waals surface area contributed by atoms with Crippen LogP contribution in [-0.4, -0.2) is 4.57 Å². The molecule has 0 saturated heterocycles. The first-order valence-electron chi connectivity index (χ1n) is 7.41. The van der Waals surface area contributed by atoms with Crippen LogP contribution in [0.3, 0.4) is 0 Å². The third kappa shape index (κ3) is 8.11. The fourth-order valence-electron chi connectivity index (χ4n) is 2.19. The maximum atomic E-state index is 2.31. The van der Waals surface area contributed by atoms with E-state index in [4.69, 9.17) is 0 Å². The highest BCUT2D eigenvalue weighted by Crippen LogP contribution is 2.08. The molecule has 0 fully saturated rings. The molecule has 1 aromatic heterocycles. The van der Waals surface area contributed by atoms with E-state index in [0.29, 0.717) is 0 Å². The van der Waals surface area contributed by atoms with Crippen LogP contribution in [0.4, 0.5) is 0 Å². The number of nitrogens with zero attached hydrogens (tertiary/aromatic N) is 2. The molecule has 106 valence electrons. The predicted octanol–water partition coefficient (Wildman–Crippen LogP) is 0.940. The van der Waals surface area contributed by atoms with E-state index in [1.165, 1.54) is 57.9 Å². The Bertz CT molecular complexity index is 284. The summed E-state index contributed by atoms with van der Waals surface area (Å²) in [6, 6.07) is 0. The van der Waals surface area contributed by atoms with Crippen LogP contribution in [0, 0.1) is 0 Å². The highest BCUT2D eigenvalue weighted by molar-refractivity contribution is 4.64. The summed E-state index contributed by atoms with van der Waals surface area (Å²) in [7, 11) is 0. The van der Waals surface area contributed by atoms with E-state index in [1.807, 2.05) is 0 Å². The zero-order valence-corrected chi connectivity index (χ0v) is 14.2. The summed E-state index contributed by atoms with van der Waals surface area (Å²) >= 11 is 0. The van der Waals surface area contributed by atoms with Crippen molar-refractivity contribution in [2.75, 3.05) is 0 Å². The molecule has 1 heterocycles. The Morgan fingerprint density at radius 1 is 0.889 bits per heavy atom. The second kappa shape index (κ2) is 12.0. The summed E-state index contributed by atoms with van der Waals surface area (Å²) in [5, 5.41) is 0. The van der Waals surface area contributed by atoms with Gasteiger partial charge in [-0.1, -0.05) is 45.4 Å². The fourth-order valence-corrected chi connectivity index (χ4v) is 2.19. The molecule has 0 atom stereocenters. The van der Waals surface area contributed by atoms with Crippen LogP contribution in [-0.2, 0) is 13.1 Å². The molecule has 3 heteroatoms. The molecule has 0 N–H and O–H groups in total. The number of hydrogen-bond donors (Lipinski definition) is 0. The number of aromatic nitrogens is 2. The quantitative estimate of drug-likeness (QED) is 0.332. The van der Waals surface area contributed by atoms with Crippen molar-refractivity contribution in [2.24, 2.45) is 0 Å². The zero-order chi connectivity index (χ0) is 12.3. The van der Waals surface area contributed by atoms with Crippen molar-refractivity contribution >= 4 is 0 Å². The van der Waals surface area contributed by atoms with Gasteiger partial charge < -0.3 is 24.0 Å². The summed E-state index contributed by atoms with van der Waals surface area (Å²) in [5.74, 6) is 0. The second-order valence-electron chi connectivity index (χ2n) is 4.96. The summed E-state index contributed by atoms with van der Waals surface area (Å²) in [6.45, 7) is 6.71. The lowest BCUT2D eigenvalue weighted by molar-refractivity contribution is -0.696. The van der Waals surface area contributed by atoms with Gasteiger partial charge in [-0.15, -0.1) is 0 Å². The fraction of sp³-hybridized carbons (Fsp3) is 0.800. The minimum absolute atomic E-state index is 0. The maximum Gasteiger partial charge on any atom is 0.243 e. The molecular formula is C15H29IN2. The average Bonchev–Trinajstić information content (AvgIpc) is 2.80. The first-order valence-corrected chi connectivity index (χ1v) is 7.41. The Morgan fingerprint density at radius 2 is 1.50 bits per heavy atom. The minimum atomic E-state index is 0. The van der Waals surface area contributed by atoms with Crippen LogP contribution < -0.4 is 28.5 Å². The van der Waals surface area contributed by atoms with E-state index in [-0.39, 0.29) is 24.0 Å². The highest BCUT2D eigenvalue weighted by atomic mass is 127. The van der Waals surface area contributed by atoms with Crippen molar-refractivity contribution in [1.82, 2.24) is 4.57 Å². The van der Waals surface area contributed by atoms with Gasteiger partial charge in [-0.2, -0.15) is 0 Å². The molecule has 0 bridgehead atoms. The third-order valence-corrected chi connectivity index (χ3v) is 3.38. The van der Waals surface area contributed by atoms with E-state index in [0.717, 1.165) is 6.54 Å². The standard InChI is InChI=1S/C15H29N2.HI/c1-3-5-6-7-8-9-10-11-12-17-14-13-16(4-2)15-17;/h13-15H,3-12H2,1-2H3;1H/q+1;/p-1. The van der Waals surface area contributed by atoms with Crippen LogP contribution >= 0.6 is 0 Å². The SMILES string of the molecule is CCCCCCCCCC[n+]1ccn(CC)c1.[I-]. The molecular weight excluding hydrogens is 335 g/mol. The maximum absolute atomic E-state index is 2.31. The summed E-state index contributed by atoms with van der Waals surface area (Å²) in [4.78, 5) is 0. The van der Waals surface area contributed by atoms with Crippen LogP contribution in [0.1, 0.15) is 65.2 Å². The van der Waals surface area contributed by atoms with Gasteiger partial charge in [0.15, 0.2) is 0 Å². The number of imidazole rings is 1. The molecule has 0 amide bonds. The normalized spacial score (nSPS) is 10.3. The van der Waals surface area contributed by atoms with Gasteiger partial charge in [-0.3, -0.25) is 0 Å². The second-order valence-corrected chi connectivity index (χ2v) is 4.96. The minimum Gasteiger partial charge on any atom is -1.00 e. The number of rotatable bonds is 10. The molecule has 0 unspecified atom stereocenters. The lowest BCUT2D eigenvalue weighted by Gasteiger charge is -2.00. The van der Waals surface area contributed by atoms with E-state index in [2.05, 4.69) is 41.7 Å². The van der Waals surface area contributed by atoms with Crippen LogP contribution in [0.25, 0.3) is 0 Å². The van der Waals surface area contributed by atoms with E-state index < -0.39 is 0 Å². The number of hydrogen-bond acceptors (Lipinski definition) is 0. The first-order chi connectivity index (χ1) is 8.36. The van der Waals surface area contributed by atoms with Crippen LogP contribution in [0.2, 0.25) is 0 Å². The van der Waals surface area contributed by atoms with Gasteiger partial charge in [0.1, 0.15) is 12.4 Å². The third-order valence-electron chi connectivity index (χ3n) is 3.38. The average molecular weight is 364 g/mol. The highest BCUT2D eigenvalue weighted by Gasteiger charge is 2.00. The lowest BCUT2D eigenvalue weighted by Crippen LogP contribution is -3.00. The molecule has 1 rings (SSSR count). The summed E-state index contributed by atoms with van der Waals surface area (Å²) in [6.07, 6.45) is 17.8. The molecule has 0 radical (unpaired) electrons. The van der Waals surface area contributed by atoms with Crippen molar-refractivity contribution in [1.29, 1.82) is 0 Å². The molecule has 0 aliphatic carbocycles. The van der Waals surface area contributed by atoms with Crippen molar-refractivity contribution in [3.8, 4) is 0 Å². The Balaban J connectivity index is 0.00000289. The van der Waals surface area contributed by atoms with Crippen LogP contribution in [0.15, 0.2) is 18.7 Å². The van der Waals surface area contributed by atoms with Gasteiger partial charge in [-0.05, 0) is 19.8 Å². The van der Waals surface area contributed by atoms with E-state index in [1.54, 1.807) is 0 Å². The van der Waals surface area contributed by atoms with E-state index >= 15 is 0 Å². The number of aryl methyl sites for hydroxylation is 2. The van der Waals surface area contributed by atoms with Gasteiger partial charge in [-0.25, -0.2) is 9.13 Å². The molecule has 0 spiro atoms. The molecule has 0 aromatic carbocycles. The molecule has 0 saturated carbocycles. The van der Waals surface area contributed by atoms with Gasteiger partial charge in [0.25, 0.3) is 0 Å². The summed E-state index contributed by atoms with van der Waals surface area (Å²) in [5.41, 5.74) is 0. The topological polar surface area (TPSA) is 8.81 Å². The molecule has 2 nitrogen and oxygen atoms in total. The number of unbranched alkanes of at least 4 members (excludes halogenated alkanes) is 7. The van der Waals surface area contributed by atoms with Crippen LogP contribution in [0.5, 0.6) is 0 Å². The largest absolute Gasteiger partial charge is 1.00 e. The van der Waals surface area contributed by atoms with Crippen molar-refractivity contribution in [3.05, 3.63) is 18.7 Å². The van der Waals surface area contributed by atoms with Crippen molar-refractivity contribution < 1.29 is 28.5 Å². The molecule has 0 aliphatic rings. The Kier molecular flexibility index (Phi) is 12.0. The smallest absolute Gasteiger partial charge is 0.243 e.